The zero-order valence-corrected chi connectivity index (χ0v) is 17.8. The smallest absolute Gasteiger partial charge is 0.373 e. The Hall–Kier alpha value is -2.16. The summed E-state index contributed by atoms with van der Waals surface area (Å²) in [4.78, 5) is 2.39. The molecule has 0 radical (unpaired) electrons. The Labute approximate surface area is 180 Å². The van der Waals surface area contributed by atoms with Crippen molar-refractivity contribution in [1.82, 2.24) is 10.2 Å². The third-order valence-electron chi connectivity index (χ3n) is 4.83. The van der Waals surface area contributed by atoms with Gasteiger partial charge in [-0.2, -0.15) is 13.2 Å². The predicted molar refractivity (Wildman–Crippen MR) is 116 cm³/mol. The van der Waals surface area contributed by atoms with E-state index < -0.39 is 11.7 Å². The zero-order valence-electron chi connectivity index (χ0n) is 17.0. The van der Waals surface area contributed by atoms with E-state index in [1.807, 2.05) is 12.1 Å². The maximum Gasteiger partial charge on any atom is 0.416 e. The Bertz CT molecular complexity index is 847. The number of hydrogen-bond donors (Lipinski definition) is 2. The fourth-order valence-corrected chi connectivity index (χ4v) is 3.76. The van der Waals surface area contributed by atoms with Crippen LogP contribution in [0, 0.1) is 0 Å². The fraction of sp³-hybridized carbons (Fsp3) is 0.409. The lowest BCUT2D eigenvalue weighted by molar-refractivity contribution is -0.137. The molecule has 0 aromatic heterocycles. The second kappa shape index (κ2) is 9.76. The van der Waals surface area contributed by atoms with Crippen molar-refractivity contribution in [3.63, 3.8) is 0 Å². The maximum absolute atomic E-state index is 12.8. The first kappa shape index (κ1) is 22.5. The first-order valence-corrected chi connectivity index (χ1v) is 10.3. The van der Waals surface area contributed by atoms with E-state index in [1.165, 1.54) is 11.6 Å². The van der Waals surface area contributed by atoms with Crippen molar-refractivity contribution < 1.29 is 17.9 Å². The van der Waals surface area contributed by atoms with Gasteiger partial charge in [-0.25, -0.2) is 0 Å². The molecule has 4 nitrogen and oxygen atoms in total. The maximum atomic E-state index is 12.8. The predicted octanol–water partition coefficient (Wildman–Crippen LogP) is 4.80. The number of hydrogen-bond acceptors (Lipinski definition) is 3. The second-order valence-electron chi connectivity index (χ2n) is 7.65. The van der Waals surface area contributed by atoms with Crippen LogP contribution in [0.15, 0.2) is 48.5 Å². The van der Waals surface area contributed by atoms with Crippen LogP contribution in [-0.2, 0) is 24.0 Å². The molecule has 2 N–H and O–H groups in total. The Morgan fingerprint density at radius 3 is 2.33 bits per heavy atom. The summed E-state index contributed by atoms with van der Waals surface area (Å²) in [5.41, 5.74) is 1.85. The minimum atomic E-state index is -4.38. The SMILES string of the molecule is C[C@@H]1CN(Cc2ccc(CNC(=S)Nc3cccc(C(F)(F)F)c3)cc2)C[C@@H](C)O1. The molecule has 1 aliphatic rings. The Morgan fingerprint density at radius 2 is 1.70 bits per heavy atom. The van der Waals surface area contributed by atoms with Crippen molar-refractivity contribution >= 4 is 23.0 Å². The van der Waals surface area contributed by atoms with Crippen molar-refractivity contribution in [3.8, 4) is 0 Å². The summed E-state index contributed by atoms with van der Waals surface area (Å²) < 4.78 is 44.2. The normalized spacial score (nSPS) is 20.0. The van der Waals surface area contributed by atoms with Crippen molar-refractivity contribution in [2.45, 2.75) is 45.3 Å². The van der Waals surface area contributed by atoms with Gasteiger partial charge in [0.1, 0.15) is 0 Å². The lowest BCUT2D eigenvalue weighted by Crippen LogP contribution is -2.44. The van der Waals surface area contributed by atoms with Gasteiger partial charge < -0.3 is 15.4 Å². The van der Waals surface area contributed by atoms with E-state index in [-0.39, 0.29) is 17.3 Å². The third-order valence-corrected chi connectivity index (χ3v) is 5.07. The van der Waals surface area contributed by atoms with Crippen LogP contribution in [0.3, 0.4) is 0 Å². The summed E-state index contributed by atoms with van der Waals surface area (Å²) in [6.07, 6.45) is -3.91. The van der Waals surface area contributed by atoms with E-state index in [2.05, 4.69) is 41.5 Å². The Balaban J connectivity index is 1.48. The van der Waals surface area contributed by atoms with Gasteiger partial charge >= 0.3 is 6.18 Å². The van der Waals surface area contributed by atoms with E-state index >= 15 is 0 Å². The first-order valence-electron chi connectivity index (χ1n) is 9.87. The summed E-state index contributed by atoms with van der Waals surface area (Å²) in [6.45, 7) is 7.38. The van der Waals surface area contributed by atoms with Gasteiger partial charge in [-0.05, 0) is 55.4 Å². The number of alkyl halides is 3. The van der Waals surface area contributed by atoms with Crippen LogP contribution >= 0.6 is 12.2 Å². The summed E-state index contributed by atoms with van der Waals surface area (Å²) in [7, 11) is 0. The van der Waals surface area contributed by atoms with Crippen LogP contribution in [0.1, 0.15) is 30.5 Å². The van der Waals surface area contributed by atoms with Gasteiger partial charge in [0.15, 0.2) is 5.11 Å². The lowest BCUT2D eigenvalue weighted by atomic mass is 10.1. The number of morpholine rings is 1. The minimum absolute atomic E-state index is 0.238. The van der Waals surface area contributed by atoms with Crippen molar-refractivity contribution in [2.75, 3.05) is 18.4 Å². The summed E-state index contributed by atoms with van der Waals surface area (Å²) in [5.74, 6) is 0. The van der Waals surface area contributed by atoms with E-state index in [1.54, 1.807) is 6.07 Å². The molecule has 0 unspecified atom stereocenters. The van der Waals surface area contributed by atoms with Gasteiger partial charge in [-0.15, -0.1) is 0 Å². The Morgan fingerprint density at radius 1 is 1.07 bits per heavy atom. The highest BCUT2D eigenvalue weighted by atomic mass is 32.1. The number of nitrogens with zero attached hydrogens (tertiary/aromatic N) is 1. The van der Waals surface area contributed by atoms with E-state index in [0.29, 0.717) is 12.2 Å². The molecule has 1 heterocycles. The van der Waals surface area contributed by atoms with E-state index in [9.17, 15) is 13.2 Å². The zero-order chi connectivity index (χ0) is 21.7. The number of nitrogens with one attached hydrogen (secondary N) is 2. The molecule has 2 aromatic carbocycles. The van der Waals surface area contributed by atoms with Crippen LogP contribution in [-0.4, -0.2) is 35.3 Å². The number of ether oxygens (including phenoxy) is 1. The quantitative estimate of drug-likeness (QED) is 0.657. The minimum Gasteiger partial charge on any atom is -0.373 e. The highest BCUT2D eigenvalue weighted by molar-refractivity contribution is 7.80. The van der Waals surface area contributed by atoms with Crippen LogP contribution < -0.4 is 10.6 Å². The molecule has 2 aromatic rings. The third kappa shape index (κ3) is 6.68. The second-order valence-corrected chi connectivity index (χ2v) is 8.06. The molecule has 2 atom stereocenters. The molecule has 162 valence electrons. The molecule has 3 rings (SSSR count). The highest BCUT2D eigenvalue weighted by Gasteiger charge is 2.30. The highest BCUT2D eigenvalue weighted by Crippen LogP contribution is 2.30. The topological polar surface area (TPSA) is 36.5 Å². The molecule has 30 heavy (non-hydrogen) atoms. The van der Waals surface area contributed by atoms with Gasteiger partial charge in [0.05, 0.1) is 17.8 Å². The van der Waals surface area contributed by atoms with Crippen LogP contribution in [0.5, 0.6) is 0 Å². The van der Waals surface area contributed by atoms with Gasteiger partial charge in [-0.1, -0.05) is 30.3 Å². The number of anilines is 1. The van der Waals surface area contributed by atoms with Gasteiger partial charge in [-0.3, -0.25) is 4.90 Å². The molecule has 0 saturated carbocycles. The van der Waals surface area contributed by atoms with Crippen LogP contribution in [0.2, 0.25) is 0 Å². The summed E-state index contributed by atoms with van der Waals surface area (Å²) in [6, 6.07) is 13.2. The molecule has 0 aliphatic carbocycles. The van der Waals surface area contributed by atoms with Gasteiger partial charge in [0, 0.05) is 31.9 Å². The van der Waals surface area contributed by atoms with Crippen molar-refractivity contribution in [2.24, 2.45) is 0 Å². The molecular weight excluding hydrogens is 411 g/mol. The lowest BCUT2D eigenvalue weighted by Gasteiger charge is -2.35. The van der Waals surface area contributed by atoms with Gasteiger partial charge in [0.2, 0.25) is 0 Å². The number of rotatable bonds is 5. The van der Waals surface area contributed by atoms with Crippen molar-refractivity contribution in [3.05, 3.63) is 65.2 Å². The first-order chi connectivity index (χ1) is 14.2. The average Bonchev–Trinajstić information content (AvgIpc) is 2.66. The number of benzene rings is 2. The molecule has 1 saturated heterocycles. The van der Waals surface area contributed by atoms with Crippen LogP contribution in [0.25, 0.3) is 0 Å². The molecule has 1 fully saturated rings. The molecule has 0 amide bonds. The summed E-state index contributed by atoms with van der Waals surface area (Å²) in [5, 5.41) is 6.10. The largest absolute Gasteiger partial charge is 0.416 e. The molecule has 0 spiro atoms. The molecule has 1 aliphatic heterocycles. The Kier molecular flexibility index (Phi) is 7.33. The van der Waals surface area contributed by atoms with Crippen molar-refractivity contribution in [1.29, 1.82) is 0 Å². The van der Waals surface area contributed by atoms with Gasteiger partial charge in [0.25, 0.3) is 0 Å². The average molecular weight is 438 g/mol. The molecule has 0 bridgehead atoms. The standard InChI is InChI=1S/C22H26F3N3OS/c1-15-12-28(13-16(2)29-15)14-18-8-6-17(7-9-18)11-26-21(30)27-20-5-3-4-19(10-20)22(23,24)25/h3-10,15-16H,11-14H2,1-2H3,(H2,26,27,30)/t15-,16-/m1/s1. The molecular formula is C22H26F3N3OS. The van der Waals surface area contributed by atoms with E-state index in [4.69, 9.17) is 17.0 Å². The van der Waals surface area contributed by atoms with Crippen LogP contribution in [0.4, 0.5) is 18.9 Å². The molecule has 8 heteroatoms. The summed E-state index contributed by atoms with van der Waals surface area (Å²) >= 11 is 5.21. The number of thiocarbonyl (C=S) groups is 1. The van der Waals surface area contributed by atoms with E-state index in [0.717, 1.165) is 37.3 Å². The fourth-order valence-electron chi connectivity index (χ4n) is 3.57. The monoisotopic (exact) mass is 437 g/mol. The number of halogens is 3.